The molecule has 0 saturated carbocycles. The predicted octanol–water partition coefficient (Wildman–Crippen LogP) is -1.07. The van der Waals surface area contributed by atoms with Gasteiger partial charge in [-0.3, -0.25) is 14.4 Å². The fourth-order valence-corrected chi connectivity index (χ4v) is 1.85. The highest BCUT2D eigenvalue weighted by Gasteiger charge is 2.22. The Kier molecular flexibility index (Phi) is 11.4. The van der Waals surface area contributed by atoms with Gasteiger partial charge in [0.25, 0.3) is 0 Å². The lowest BCUT2D eigenvalue weighted by Crippen LogP contribution is -2.54. The molecule has 2 unspecified atom stereocenters. The number of nitrogens with two attached hydrogens (primary N) is 1. The molecule has 0 aliphatic rings. The van der Waals surface area contributed by atoms with Gasteiger partial charge in [0, 0.05) is 12.3 Å². The molecular formula is C15H28N4O6S. The summed E-state index contributed by atoms with van der Waals surface area (Å²) in [4.78, 5) is 46.7. The number of esters is 2. The van der Waals surface area contributed by atoms with Crippen LogP contribution in [0.2, 0.25) is 0 Å². The molecule has 5 N–H and O–H groups in total. The maximum absolute atomic E-state index is 12.0. The van der Waals surface area contributed by atoms with E-state index in [1.807, 2.05) is 0 Å². The third-order valence-corrected chi connectivity index (χ3v) is 3.08. The summed E-state index contributed by atoms with van der Waals surface area (Å²) >= 11 is 3.99. The zero-order valence-electron chi connectivity index (χ0n) is 15.4. The largest absolute Gasteiger partial charge is 0.462 e. The number of carbonyl (C=O) groups excluding carboxylic acids is 4. The number of hydrogen-bond acceptors (Lipinski definition) is 8. The highest BCUT2D eigenvalue weighted by Crippen LogP contribution is 1.93. The van der Waals surface area contributed by atoms with E-state index in [1.165, 1.54) is 0 Å². The van der Waals surface area contributed by atoms with Gasteiger partial charge in [-0.2, -0.15) is 12.6 Å². The molecule has 0 spiro atoms. The standard InChI is InChI=1S/C15H28N4O6S/c1-8(2)24-12(20)6-17-13(21)11(7-26)19-15(23)18-5-10(16)14(22)25-9(3)4/h8-11,26H,5-7,16H2,1-4H3,(H,17,21)(H2,18,19,23). The minimum absolute atomic E-state index is 0.0000732. The van der Waals surface area contributed by atoms with E-state index in [1.54, 1.807) is 27.7 Å². The molecule has 11 heteroatoms. The van der Waals surface area contributed by atoms with Crippen molar-refractivity contribution in [1.29, 1.82) is 0 Å². The molecule has 3 amide bonds. The number of hydrogen-bond donors (Lipinski definition) is 5. The quantitative estimate of drug-likeness (QED) is 0.235. The van der Waals surface area contributed by atoms with Gasteiger partial charge in [0.1, 0.15) is 18.6 Å². The average Bonchev–Trinajstić information content (AvgIpc) is 2.53. The van der Waals surface area contributed by atoms with Crippen LogP contribution in [0.1, 0.15) is 27.7 Å². The maximum Gasteiger partial charge on any atom is 0.325 e. The van der Waals surface area contributed by atoms with Gasteiger partial charge in [-0.1, -0.05) is 0 Å². The average molecular weight is 392 g/mol. The van der Waals surface area contributed by atoms with Crippen molar-refractivity contribution >= 4 is 36.5 Å². The Labute approximate surface area is 158 Å². The Morgan fingerprint density at radius 3 is 2.08 bits per heavy atom. The van der Waals surface area contributed by atoms with Gasteiger partial charge in [-0.05, 0) is 27.7 Å². The highest BCUT2D eigenvalue weighted by atomic mass is 32.1. The maximum atomic E-state index is 12.0. The minimum Gasteiger partial charge on any atom is -0.462 e. The van der Waals surface area contributed by atoms with Crippen molar-refractivity contribution in [3.63, 3.8) is 0 Å². The van der Waals surface area contributed by atoms with Crippen LogP contribution in [-0.2, 0) is 23.9 Å². The van der Waals surface area contributed by atoms with Crippen molar-refractivity contribution in [3.8, 4) is 0 Å². The number of urea groups is 1. The number of ether oxygens (including phenoxy) is 2. The van der Waals surface area contributed by atoms with Crippen molar-refractivity contribution in [2.45, 2.75) is 52.0 Å². The lowest BCUT2D eigenvalue weighted by molar-refractivity contribution is -0.149. The van der Waals surface area contributed by atoms with Gasteiger partial charge in [0.05, 0.1) is 12.2 Å². The van der Waals surface area contributed by atoms with Crippen LogP contribution in [0.25, 0.3) is 0 Å². The van der Waals surface area contributed by atoms with Crippen LogP contribution in [-0.4, -0.2) is 67.0 Å². The van der Waals surface area contributed by atoms with Crippen LogP contribution < -0.4 is 21.7 Å². The summed E-state index contributed by atoms with van der Waals surface area (Å²) in [5, 5.41) is 7.08. The first-order valence-electron chi connectivity index (χ1n) is 8.15. The molecule has 26 heavy (non-hydrogen) atoms. The number of carbonyl (C=O) groups is 4. The second-order valence-electron chi connectivity index (χ2n) is 5.94. The van der Waals surface area contributed by atoms with Crippen LogP contribution in [0.4, 0.5) is 4.79 Å². The third kappa shape index (κ3) is 10.8. The molecule has 2 atom stereocenters. The molecule has 0 saturated heterocycles. The minimum atomic E-state index is -1.03. The first kappa shape index (κ1) is 24.0. The monoisotopic (exact) mass is 392 g/mol. The fourth-order valence-electron chi connectivity index (χ4n) is 1.60. The Hall–Kier alpha value is -2.01. The molecular weight excluding hydrogens is 364 g/mol. The van der Waals surface area contributed by atoms with Crippen LogP contribution in [0.3, 0.4) is 0 Å². The van der Waals surface area contributed by atoms with Crippen molar-refractivity contribution in [2.24, 2.45) is 5.73 Å². The van der Waals surface area contributed by atoms with Gasteiger partial charge in [-0.25, -0.2) is 4.79 Å². The molecule has 0 heterocycles. The number of nitrogens with one attached hydrogen (secondary N) is 3. The van der Waals surface area contributed by atoms with Crippen LogP contribution in [0.5, 0.6) is 0 Å². The number of rotatable bonds is 10. The van der Waals surface area contributed by atoms with Gasteiger partial charge >= 0.3 is 18.0 Å². The lowest BCUT2D eigenvalue weighted by atomic mass is 10.3. The van der Waals surface area contributed by atoms with E-state index < -0.39 is 36.0 Å². The molecule has 0 rings (SSSR count). The van der Waals surface area contributed by atoms with Crippen molar-refractivity contribution in [3.05, 3.63) is 0 Å². The lowest BCUT2D eigenvalue weighted by Gasteiger charge is -2.18. The van der Waals surface area contributed by atoms with Crippen molar-refractivity contribution < 1.29 is 28.7 Å². The van der Waals surface area contributed by atoms with E-state index in [9.17, 15) is 19.2 Å². The molecule has 0 aromatic heterocycles. The van der Waals surface area contributed by atoms with Crippen molar-refractivity contribution in [1.82, 2.24) is 16.0 Å². The molecule has 0 aromatic carbocycles. The number of thiol groups is 1. The van der Waals surface area contributed by atoms with Gasteiger partial charge < -0.3 is 31.2 Å². The van der Waals surface area contributed by atoms with Crippen LogP contribution in [0, 0.1) is 0 Å². The topological polar surface area (TPSA) is 149 Å². The molecule has 150 valence electrons. The summed E-state index contributed by atoms with van der Waals surface area (Å²) in [6.07, 6.45) is -0.613. The van der Waals surface area contributed by atoms with E-state index in [2.05, 4.69) is 28.6 Å². The molecule has 0 radical (unpaired) electrons. The second kappa shape index (κ2) is 12.4. The Bertz CT molecular complexity index is 501. The van der Waals surface area contributed by atoms with Gasteiger partial charge in [0.15, 0.2) is 0 Å². The van der Waals surface area contributed by atoms with Crippen LogP contribution in [0.15, 0.2) is 0 Å². The SMILES string of the molecule is CC(C)OC(=O)CNC(=O)C(CS)NC(=O)NCC(N)C(=O)OC(C)C. The Balaban J connectivity index is 4.31. The second-order valence-corrected chi connectivity index (χ2v) is 6.30. The predicted molar refractivity (Wildman–Crippen MR) is 97.6 cm³/mol. The molecule has 0 fully saturated rings. The molecule has 0 bridgehead atoms. The summed E-state index contributed by atoms with van der Waals surface area (Å²) in [7, 11) is 0. The third-order valence-electron chi connectivity index (χ3n) is 2.72. The van der Waals surface area contributed by atoms with Gasteiger partial charge in [0.2, 0.25) is 5.91 Å². The summed E-state index contributed by atoms with van der Waals surface area (Å²) in [6.45, 7) is 6.23. The highest BCUT2D eigenvalue weighted by molar-refractivity contribution is 7.80. The van der Waals surface area contributed by atoms with E-state index in [-0.39, 0.29) is 31.1 Å². The fraction of sp³-hybridized carbons (Fsp3) is 0.733. The summed E-state index contributed by atoms with van der Waals surface area (Å²) in [5.41, 5.74) is 5.59. The summed E-state index contributed by atoms with van der Waals surface area (Å²) in [5.74, 6) is -1.84. The Morgan fingerprint density at radius 1 is 1.00 bits per heavy atom. The van der Waals surface area contributed by atoms with E-state index in [0.29, 0.717) is 0 Å². The van der Waals surface area contributed by atoms with E-state index in [4.69, 9.17) is 15.2 Å². The molecule has 0 aromatic rings. The van der Waals surface area contributed by atoms with E-state index in [0.717, 1.165) is 0 Å². The first-order chi connectivity index (χ1) is 12.1. The van der Waals surface area contributed by atoms with Gasteiger partial charge in [-0.15, -0.1) is 0 Å². The van der Waals surface area contributed by atoms with Crippen LogP contribution >= 0.6 is 12.6 Å². The van der Waals surface area contributed by atoms with E-state index >= 15 is 0 Å². The number of amides is 3. The summed E-state index contributed by atoms with van der Waals surface area (Å²) < 4.78 is 9.79. The zero-order chi connectivity index (χ0) is 20.3. The van der Waals surface area contributed by atoms with Crippen molar-refractivity contribution in [2.75, 3.05) is 18.8 Å². The zero-order valence-corrected chi connectivity index (χ0v) is 16.3. The molecule has 10 nitrogen and oxygen atoms in total. The normalized spacial score (nSPS) is 12.9. The smallest absolute Gasteiger partial charge is 0.325 e. The Morgan fingerprint density at radius 2 is 1.58 bits per heavy atom. The first-order valence-corrected chi connectivity index (χ1v) is 8.78. The molecule has 0 aliphatic carbocycles. The summed E-state index contributed by atoms with van der Waals surface area (Å²) in [6, 6.07) is -2.72. The molecule has 0 aliphatic heterocycles.